The van der Waals surface area contributed by atoms with Crippen LogP contribution in [-0.2, 0) is 11.2 Å². The molecule has 5 heteroatoms. The minimum absolute atomic E-state index is 0.0822. The summed E-state index contributed by atoms with van der Waals surface area (Å²) in [5.74, 6) is -0.600. The summed E-state index contributed by atoms with van der Waals surface area (Å²) in [6.07, 6.45) is 0.681. The number of hydrogen-bond acceptors (Lipinski definition) is 3. The average Bonchev–Trinajstić information content (AvgIpc) is 2.56. The van der Waals surface area contributed by atoms with Crippen molar-refractivity contribution in [2.24, 2.45) is 0 Å². The molecular formula is C20H23NO4. The number of aliphatic carboxylic acids is 1. The lowest BCUT2D eigenvalue weighted by Gasteiger charge is -2.21. The largest absolute Gasteiger partial charge is 0.478 e. The lowest BCUT2D eigenvalue weighted by atomic mass is 10.1. The molecule has 2 N–H and O–H groups in total. The topological polar surface area (TPSA) is 75.6 Å². The molecule has 0 aliphatic carbocycles. The van der Waals surface area contributed by atoms with Gasteiger partial charge in [-0.3, -0.25) is 4.79 Å². The molecule has 0 saturated carbocycles. The summed E-state index contributed by atoms with van der Waals surface area (Å²) in [5.41, 5.74) is 1.39. The van der Waals surface area contributed by atoms with Crippen molar-refractivity contribution in [3.8, 4) is 5.75 Å². The van der Waals surface area contributed by atoms with Gasteiger partial charge in [-0.05, 0) is 56.5 Å². The van der Waals surface area contributed by atoms with E-state index in [0.29, 0.717) is 24.3 Å². The monoisotopic (exact) mass is 341 g/mol. The standard InChI is InChI=1S/C20H23NO4/c1-14-6-4-5-7-17(14)18(22)21-13-12-15-8-10-16(11-9-15)25-20(2,3)19(23)24/h4-11H,12-13H2,1-3H3,(H,21,22)(H,23,24). The molecule has 0 aliphatic rings. The van der Waals surface area contributed by atoms with Crippen molar-refractivity contribution in [2.75, 3.05) is 6.54 Å². The van der Waals surface area contributed by atoms with Crippen LogP contribution in [0.3, 0.4) is 0 Å². The predicted molar refractivity (Wildman–Crippen MR) is 96.0 cm³/mol. The molecule has 0 aromatic heterocycles. The Kier molecular flexibility index (Phi) is 5.80. The third-order valence-corrected chi connectivity index (χ3v) is 3.90. The second-order valence-electron chi connectivity index (χ2n) is 6.38. The van der Waals surface area contributed by atoms with Gasteiger partial charge in [0.15, 0.2) is 5.60 Å². The molecule has 132 valence electrons. The fraction of sp³-hybridized carbons (Fsp3) is 0.300. The van der Waals surface area contributed by atoms with Crippen LogP contribution in [0.25, 0.3) is 0 Å². The lowest BCUT2D eigenvalue weighted by Crippen LogP contribution is -2.37. The van der Waals surface area contributed by atoms with E-state index in [4.69, 9.17) is 9.84 Å². The van der Waals surface area contributed by atoms with E-state index in [2.05, 4.69) is 5.32 Å². The highest BCUT2D eigenvalue weighted by Crippen LogP contribution is 2.19. The number of aryl methyl sites for hydroxylation is 1. The van der Waals surface area contributed by atoms with Crippen LogP contribution in [0.15, 0.2) is 48.5 Å². The van der Waals surface area contributed by atoms with Crippen LogP contribution in [0, 0.1) is 6.92 Å². The predicted octanol–water partition coefficient (Wildman–Crippen LogP) is 3.21. The highest BCUT2D eigenvalue weighted by molar-refractivity contribution is 5.95. The Bertz CT molecular complexity index is 751. The fourth-order valence-corrected chi connectivity index (χ4v) is 2.31. The maximum absolute atomic E-state index is 12.1. The average molecular weight is 341 g/mol. The van der Waals surface area contributed by atoms with Crippen LogP contribution in [0.5, 0.6) is 5.75 Å². The highest BCUT2D eigenvalue weighted by atomic mass is 16.5. The first kappa shape index (κ1) is 18.5. The molecule has 0 radical (unpaired) electrons. The second-order valence-corrected chi connectivity index (χ2v) is 6.38. The van der Waals surface area contributed by atoms with E-state index in [1.54, 1.807) is 18.2 Å². The van der Waals surface area contributed by atoms with Crippen LogP contribution < -0.4 is 10.1 Å². The summed E-state index contributed by atoms with van der Waals surface area (Å²) >= 11 is 0. The zero-order chi connectivity index (χ0) is 18.4. The Morgan fingerprint density at radius 1 is 1.08 bits per heavy atom. The minimum Gasteiger partial charge on any atom is -0.478 e. The number of amides is 1. The van der Waals surface area contributed by atoms with Crippen LogP contribution in [0.1, 0.15) is 35.3 Å². The van der Waals surface area contributed by atoms with Gasteiger partial charge in [-0.1, -0.05) is 30.3 Å². The molecule has 2 aromatic rings. The van der Waals surface area contributed by atoms with E-state index >= 15 is 0 Å². The van der Waals surface area contributed by atoms with Crippen molar-refractivity contribution in [3.63, 3.8) is 0 Å². The van der Waals surface area contributed by atoms with Crippen molar-refractivity contribution in [2.45, 2.75) is 32.8 Å². The summed E-state index contributed by atoms with van der Waals surface area (Å²) in [5, 5.41) is 12.0. The Hall–Kier alpha value is -2.82. The van der Waals surface area contributed by atoms with Gasteiger partial charge in [0.1, 0.15) is 5.75 Å². The quantitative estimate of drug-likeness (QED) is 0.811. The normalized spacial score (nSPS) is 11.0. The summed E-state index contributed by atoms with van der Waals surface area (Å²) < 4.78 is 5.46. The number of carbonyl (C=O) groups is 2. The Morgan fingerprint density at radius 3 is 2.32 bits per heavy atom. The number of carboxylic acid groups (broad SMARTS) is 1. The zero-order valence-electron chi connectivity index (χ0n) is 14.7. The van der Waals surface area contributed by atoms with Crippen molar-refractivity contribution < 1.29 is 19.4 Å². The first-order chi connectivity index (χ1) is 11.8. The number of hydrogen-bond donors (Lipinski definition) is 2. The Balaban J connectivity index is 1.87. The van der Waals surface area contributed by atoms with Crippen LogP contribution in [-0.4, -0.2) is 29.1 Å². The number of carboxylic acids is 1. The first-order valence-corrected chi connectivity index (χ1v) is 8.15. The third kappa shape index (κ3) is 5.08. The number of carbonyl (C=O) groups excluding carboxylic acids is 1. The SMILES string of the molecule is Cc1ccccc1C(=O)NCCc1ccc(OC(C)(C)C(=O)O)cc1. The number of nitrogens with one attached hydrogen (secondary N) is 1. The van der Waals surface area contributed by atoms with Gasteiger partial charge >= 0.3 is 5.97 Å². The van der Waals surface area contributed by atoms with Crippen molar-refractivity contribution in [1.82, 2.24) is 5.32 Å². The van der Waals surface area contributed by atoms with Crippen LogP contribution >= 0.6 is 0 Å². The summed E-state index contributed by atoms with van der Waals surface area (Å²) in [6, 6.07) is 14.7. The van der Waals surface area contributed by atoms with Gasteiger partial charge in [-0.15, -0.1) is 0 Å². The number of rotatable bonds is 7. The highest BCUT2D eigenvalue weighted by Gasteiger charge is 2.29. The van der Waals surface area contributed by atoms with E-state index < -0.39 is 11.6 Å². The number of benzene rings is 2. The van der Waals surface area contributed by atoms with E-state index in [-0.39, 0.29) is 5.91 Å². The third-order valence-electron chi connectivity index (χ3n) is 3.90. The molecule has 5 nitrogen and oxygen atoms in total. The van der Waals surface area contributed by atoms with Gasteiger partial charge in [0.2, 0.25) is 0 Å². The van der Waals surface area contributed by atoms with Gasteiger partial charge < -0.3 is 15.2 Å². The van der Waals surface area contributed by atoms with Crippen molar-refractivity contribution >= 4 is 11.9 Å². The van der Waals surface area contributed by atoms with Gasteiger partial charge in [0.25, 0.3) is 5.91 Å². The number of ether oxygens (including phenoxy) is 1. The molecule has 1 amide bonds. The van der Waals surface area contributed by atoms with E-state index in [9.17, 15) is 9.59 Å². The first-order valence-electron chi connectivity index (χ1n) is 8.15. The van der Waals surface area contributed by atoms with E-state index in [1.165, 1.54) is 13.8 Å². The molecule has 25 heavy (non-hydrogen) atoms. The van der Waals surface area contributed by atoms with E-state index in [0.717, 1.165) is 11.1 Å². The maximum atomic E-state index is 12.1. The fourth-order valence-electron chi connectivity index (χ4n) is 2.31. The summed E-state index contributed by atoms with van der Waals surface area (Å²) in [7, 11) is 0. The van der Waals surface area contributed by atoms with E-state index in [1.807, 2.05) is 37.3 Å². The molecular weight excluding hydrogens is 318 g/mol. The van der Waals surface area contributed by atoms with Crippen LogP contribution in [0.2, 0.25) is 0 Å². The minimum atomic E-state index is -1.27. The smallest absolute Gasteiger partial charge is 0.347 e. The van der Waals surface area contributed by atoms with Gasteiger partial charge in [0, 0.05) is 12.1 Å². The summed E-state index contributed by atoms with van der Waals surface area (Å²) in [4.78, 5) is 23.2. The van der Waals surface area contributed by atoms with Gasteiger partial charge in [-0.25, -0.2) is 4.79 Å². The molecule has 0 bridgehead atoms. The maximum Gasteiger partial charge on any atom is 0.347 e. The molecule has 2 rings (SSSR count). The summed E-state index contributed by atoms with van der Waals surface area (Å²) in [6.45, 7) is 5.44. The molecule has 0 atom stereocenters. The Morgan fingerprint density at radius 2 is 1.72 bits per heavy atom. The Labute approximate surface area is 147 Å². The molecule has 0 spiro atoms. The van der Waals surface area contributed by atoms with Crippen LogP contribution in [0.4, 0.5) is 0 Å². The second kappa shape index (κ2) is 7.83. The van der Waals surface area contributed by atoms with Crippen molar-refractivity contribution in [1.29, 1.82) is 0 Å². The molecule has 0 heterocycles. The zero-order valence-corrected chi connectivity index (χ0v) is 14.7. The molecule has 2 aromatic carbocycles. The molecule has 0 fully saturated rings. The molecule has 0 aliphatic heterocycles. The lowest BCUT2D eigenvalue weighted by molar-refractivity contribution is -0.152. The van der Waals surface area contributed by atoms with Gasteiger partial charge in [0.05, 0.1) is 0 Å². The van der Waals surface area contributed by atoms with Crippen molar-refractivity contribution in [3.05, 3.63) is 65.2 Å². The van der Waals surface area contributed by atoms with Gasteiger partial charge in [-0.2, -0.15) is 0 Å². The molecule has 0 saturated heterocycles. The molecule has 0 unspecified atom stereocenters.